The fraction of sp³-hybridized carbons (Fsp3) is 0.217. The van der Waals surface area contributed by atoms with Crippen LogP contribution >= 0.6 is 24.0 Å². The molecule has 7 nitrogen and oxygen atoms in total. The van der Waals surface area contributed by atoms with Gasteiger partial charge in [0.15, 0.2) is 11.5 Å². The van der Waals surface area contributed by atoms with Crippen LogP contribution in [0.3, 0.4) is 0 Å². The van der Waals surface area contributed by atoms with Crippen molar-refractivity contribution in [3.05, 3.63) is 92.7 Å². The van der Waals surface area contributed by atoms with Crippen LogP contribution in [0.15, 0.2) is 60.7 Å². The van der Waals surface area contributed by atoms with Crippen molar-refractivity contribution >= 4 is 35.4 Å². The molecule has 0 atom stereocenters. The highest BCUT2D eigenvalue weighted by Gasteiger charge is 2.12. The SMILES string of the molecule is COc1cc(CNCCNc2ccc([N+](=O)[O-])cc2)cc(Cl)c1OCc1ccc(F)cc1.Cl. The van der Waals surface area contributed by atoms with Crippen LogP contribution in [0.1, 0.15) is 11.1 Å². The van der Waals surface area contributed by atoms with Gasteiger partial charge in [-0.2, -0.15) is 0 Å². The smallest absolute Gasteiger partial charge is 0.269 e. The molecule has 0 saturated carbocycles. The van der Waals surface area contributed by atoms with Gasteiger partial charge in [-0.05, 0) is 47.5 Å². The van der Waals surface area contributed by atoms with Crippen LogP contribution in [0.2, 0.25) is 5.02 Å². The summed E-state index contributed by atoms with van der Waals surface area (Å²) in [6, 6.07) is 16.0. The lowest BCUT2D eigenvalue weighted by atomic mass is 10.2. The summed E-state index contributed by atoms with van der Waals surface area (Å²) in [5.74, 6) is 0.645. The van der Waals surface area contributed by atoms with Gasteiger partial charge in [0.25, 0.3) is 5.69 Å². The lowest BCUT2D eigenvalue weighted by Crippen LogP contribution is -2.21. The Balaban J connectivity index is 0.00000385. The van der Waals surface area contributed by atoms with E-state index >= 15 is 0 Å². The molecule has 176 valence electrons. The van der Waals surface area contributed by atoms with Crippen molar-refractivity contribution in [3.63, 3.8) is 0 Å². The predicted octanol–water partition coefficient (Wildman–Crippen LogP) is 5.60. The number of methoxy groups -OCH3 is 1. The second-order valence-electron chi connectivity index (χ2n) is 6.93. The number of anilines is 1. The molecule has 0 unspecified atom stereocenters. The Morgan fingerprint density at radius 2 is 1.73 bits per heavy atom. The zero-order valence-corrected chi connectivity index (χ0v) is 19.4. The number of hydrogen-bond donors (Lipinski definition) is 2. The standard InChI is InChI=1S/C23H23ClFN3O4.ClH/c1-31-22-13-17(12-21(24)23(22)32-15-16-2-4-18(25)5-3-16)14-26-10-11-27-19-6-8-20(9-7-19)28(29)30;/h2-9,12-13,26-27H,10-11,14-15H2,1H3;1H. The Hall–Kier alpha value is -3.07. The van der Waals surface area contributed by atoms with Crippen LogP contribution in [0.25, 0.3) is 0 Å². The van der Waals surface area contributed by atoms with Crippen molar-refractivity contribution < 1.29 is 18.8 Å². The van der Waals surface area contributed by atoms with Gasteiger partial charge in [-0.3, -0.25) is 10.1 Å². The molecular weight excluding hydrogens is 472 g/mol. The Kier molecular flexibility index (Phi) is 10.2. The molecule has 3 aromatic rings. The van der Waals surface area contributed by atoms with Crippen molar-refractivity contribution in [3.8, 4) is 11.5 Å². The third-order valence-electron chi connectivity index (χ3n) is 4.62. The first kappa shape index (κ1) is 26.2. The maximum Gasteiger partial charge on any atom is 0.269 e. The summed E-state index contributed by atoms with van der Waals surface area (Å²) < 4.78 is 24.3. The summed E-state index contributed by atoms with van der Waals surface area (Å²) in [6.45, 7) is 2.11. The number of non-ortho nitro benzene ring substituents is 1. The van der Waals surface area contributed by atoms with Gasteiger partial charge in [0.1, 0.15) is 12.4 Å². The fourth-order valence-corrected chi connectivity index (χ4v) is 3.27. The average molecular weight is 496 g/mol. The Labute approximate surface area is 202 Å². The molecule has 3 aromatic carbocycles. The van der Waals surface area contributed by atoms with E-state index in [1.165, 1.54) is 24.3 Å². The Bertz CT molecular complexity index is 1050. The van der Waals surface area contributed by atoms with Crippen LogP contribution in [0.4, 0.5) is 15.8 Å². The van der Waals surface area contributed by atoms with E-state index in [0.29, 0.717) is 36.2 Å². The molecule has 0 spiro atoms. The van der Waals surface area contributed by atoms with Gasteiger partial charge >= 0.3 is 0 Å². The van der Waals surface area contributed by atoms with Gasteiger partial charge in [0, 0.05) is 37.5 Å². The van der Waals surface area contributed by atoms with Crippen LogP contribution in [-0.2, 0) is 13.2 Å². The van der Waals surface area contributed by atoms with E-state index in [0.717, 1.165) is 16.8 Å². The van der Waals surface area contributed by atoms with Gasteiger partial charge in [-0.25, -0.2) is 4.39 Å². The molecular formula is C23H24Cl2FN3O4. The maximum absolute atomic E-state index is 13.0. The monoisotopic (exact) mass is 495 g/mol. The number of nitro groups is 1. The van der Waals surface area contributed by atoms with Gasteiger partial charge in [0.2, 0.25) is 0 Å². The fourth-order valence-electron chi connectivity index (χ4n) is 2.98. The predicted molar refractivity (Wildman–Crippen MR) is 129 cm³/mol. The van der Waals surface area contributed by atoms with Crippen LogP contribution in [0.5, 0.6) is 11.5 Å². The first-order valence-electron chi connectivity index (χ1n) is 9.89. The van der Waals surface area contributed by atoms with E-state index in [1.54, 1.807) is 37.4 Å². The highest BCUT2D eigenvalue weighted by atomic mass is 35.5. The minimum absolute atomic E-state index is 0. The molecule has 0 heterocycles. The highest BCUT2D eigenvalue weighted by molar-refractivity contribution is 6.32. The first-order chi connectivity index (χ1) is 15.5. The molecule has 0 amide bonds. The lowest BCUT2D eigenvalue weighted by molar-refractivity contribution is -0.384. The number of benzene rings is 3. The minimum atomic E-state index is -0.427. The number of halogens is 3. The molecule has 0 saturated heterocycles. The van der Waals surface area contributed by atoms with Gasteiger partial charge in [0.05, 0.1) is 17.1 Å². The highest BCUT2D eigenvalue weighted by Crippen LogP contribution is 2.37. The molecule has 0 bridgehead atoms. The summed E-state index contributed by atoms with van der Waals surface area (Å²) in [5.41, 5.74) is 2.61. The summed E-state index contributed by atoms with van der Waals surface area (Å²) in [6.07, 6.45) is 0. The molecule has 2 N–H and O–H groups in total. The van der Waals surface area contributed by atoms with E-state index in [9.17, 15) is 14.5 Å². The quantitative estimate of drug-likeness (QED) is 0.204. The van der Waals surface area contributed by atoms with E-state index in [1.807, 2.05) is 6.07 Å². The zero-order chi connectivity index (χ0) is 22.9. The molecule has 33 heavy (non-hydrogen) atoms. The van der Waals surface area contributed by atoms with Crippen LogP contribution in [0, 0.1) is 15.9 Å². The van der Waals surface area contributed by atoms with Crippen molar-refractivity contribution in [1.82, 2.24) is 5.32 Å². The van der Waals surface area contributed by atoms with Crippen LogP contribution < -0.4 is 20.1 Å². The molecule has 0 fully saturated rings. The second-order valence-corrected chi connectivity index (χ2v) is 7.34. The van der Waals surface area contributed by atoms with Crippen molar-refractivity contribution in [2.24, 2.45) is 0 Å². The number of rotatable bonds is 11. The molecule has 0 aromatic heterocycles. The lowest BCUT2D eigenvalue weighted by Gasteiger charge is -2.15. The summed E-state index contributed by atoms with van der Waals surface area (Å²) >= 11 is 6.41. The Morgan fingerprint density at radius 3 is 2.36 bits per heavy atom. The van der Waals surface area contributed by atoms with Crippen molar-refractivity contribution in [1.29, 1.82) is 0 Å². The summed E-state index contributed by atoms with van der Waals surface area (Å²) in [4.78, 5) is 10.3. The second kappa shape index (κ2) is 12.8. The molecule has 3 rings (SSSR count). The molecule has 0 aliphatic rings. The van der Waals surface area contributed by atoms with Gasteiger partial charge in [-0.15, -0.1) is 12.4 Å². The van der Waals surface area contributed by atoms with E-state index in [2.05, 4.69) is 10.6 Å². The molecule has 0 aliphatic carbocycles. The Morgan fingerprint density at radius 1 is 1.03 bits per heavy atom. The van der Waals surface area contributed by atoms with Gasteiger partial charge in [-0.1, -0.05) is 23.7 Å². The molecule has 0 aliphatic heterocycles. The molecule has 0 radical (unpaired) electrons. The number of nitrogens with zero attached hydrogens (tertiary/aromatic N) is 1. The largest absolute Gasteiger partial charge is 0.493 e. The summed E-state index contributed by atoms with van der Waals surface area (Å²) in [7, 11) is 1.54. The third kappa shape index (κ3) is 7.78. The summed E-state index contributed by atoms with van der Waals surface area (Å²) in [5, 5.41) is 17.6. The number of nitro benzene ring substituents is 1. The van der Waals surface area contributed by atoms with E-state index in [4.69, 9.17) is 21.1 Å². The number of nitrogens with one attached hydrogen (secondary N) is 2. The number of ether oxygens (including phenoxy) is 2. The molecule has 10 heteroatoms. The first-order valence-corrected chi connectivity index (χ1v) is 10.3. The topological polar surface area (TPSA) is 85.7 Å². The van der Waals surface area contributed by atoms with E-state index < -0.39 is 4.92 Å². The minimum Gasteiger partial charge on any atom is -0.493 e. The van der Waals surface area contributed by atoms with Crippen molar-refractivity contribution in [2.75, 3.05) is 25.5 Å². The third-order valence-corrected chi connectivity index (χ3v) is 4.90. The zero-order valence-electron chi connectivity index (χ0n) is 17.8. The van der Waals surface area contributed by atoms with Crippen molar-refractivity contribution in [2.45, 2.75) is 13.2 Å². The van der Waals surface area contributed by atoms with Gasteiger partial charge < -0.3 is 20.1 Å². The normalized spacial score (nSPS) is 10.3. The van der Waals surface area contributed by atoms with E-state index in [-0.39, 0.29) is 30.5 Å². The maximum atomic E-state index is 13.0. The van der Waals surface area contributed by atoms with Crippen LogP contribution in [-0.4, -0.2) is 25.1 Å². The number of hydrogen-bond acceptors (Lipinski definition) is 6. The average Bonchev–Trinajstić information content (AvgIpc) is 2.79.